The van der Waals surface area contributed by atoms with Crippen LogP contribution in [0, 0.1) is 0 Å². The second-order valence-corrected chi connectivity index (χ2v) is 13.8. The van der Waals surface area contributed by atoms with E-state index >= 15 is 0 Å². The Morgan fingerprint density at radius 2 is 0.815 bits per heavy atom. The lowest BCUT2D eigenvalue weighted by Crippen LogP contribution is -2.11. The second-order valence-electron chi connectivity index (χ2n) is 13.8. The minimum Gasteiger partial charge on any atom is -0.310 e. The van der Waals surface area contributed by atoms with Gasteiger partial charge in [0.25, 0.3) is 0 Å². The molecule has 0 spiro atoms. The molecule has 10 rings (SSSR count). The van der Waals surface area contributed by atoms with Crippen LogP contribution < -0.4 is 4.90 Å². The van der Waals surface area contributed by atoms with Gasteiger partial charge in [0, 0.05) is 33.4 Å². The molecular formula is C52H36N2. The van der Waals surface area contributed by atoms with E-state index in [-0.39, 0.29) is 0 Å². The third-order valence-electron chi connectivity index (χ3n) is 10.6. The summed E-state index contributed by atoms with van der Waals surface area (Å²) < 4.78 is 2.37. The van der Waals surface area contributed by atoms with Gasteiger partial charge in [0.1, 0.15) is 0 Å². The van der Waals surface area contributed by atoms with E-state index in [4.69, 9.17) is 0 Å². The van der Waals surface area contributed by atoms with Crippen molar-refractivity contribution in [2.75, 3.05) is 4.90 Å². The van der Waals surface area contributed by atoms with Gasteiger partial charge in [-0.2, -0.15) is 0 Å². The van der Waals surface area contributed by atoms with Crippen LogP contribution in [-0.4, -0.2) is 4.57 Å². The van der Waals surface area contributed by atoms with Crippen LogP contribution in [0.2, 0.25) is 0 Å². The first-order valence-electron chi connectivity index (χ1n) is 18.5. The van der Waals surface area contributed by atoms with Crippen molar-refractivity contribution >= 4 is 49.6 Å². The Labute approximate surface area is 315 Å². The highest BCUT2D eigenvalue weighted by molar-refractivity contribution is 6.09. The van der Waals surface area contributed by atoms with E-state index in [0.717, 1.165) is 22.7 Å². The van der Waals surface area contributed by atoms with Gasteiger partial charge in [-0.3, -0.25) is 0 Å². The highest BCUT2D eigenvalue weighted by Crippen LogP contribution is 2.43. The quantitative estimate of drug-likeness (QED) is 0.162. The lowest BCUT2D eigenvalue weighted by atomic mass is 9.94. The fraction of sp³-hybridized carbons (Fsp3) is 0. The molecular weight excluding hydrogens is 653 g/mol. The standard InChI is InChI=1S/C52H36N2/c1-3-13-37(14-4-1)42-29-34-52(49(36-42)43-24-23-38-15-7-8-16-41(38)35-43)53(44-17-5-2-6-18-44)45-30-25-39(26-31-45)40-27-32-46(33-28-40)54-50-21-11-9-19-47(50)48-20-10-12-22-51(48)54/h1-36H. The van der Waals surface area contributed by atoms with E-state index in [2.05, 4.69) is 228 Å². The number of benzene rings is 9. The smallest absolute Gasteiger partial charge is 0.0541 e. The van der Waals surface area contributed by atoms with Crippen molar-refractivity contribution in [3.05, 3.63) is 218 Å². The zero-order valence-corrected chi connectivity index (χ0v) is 29.7. The van der Waals surface area contributed by atoms with Crippen LogP contribution >= 0.6 is 0 Å². The predicted molar refractivity (Wildman–Crippen MR) is 229 cm³/mol. The summed E-state index contributed by atoms with van der Waals surface area (Å²) in [5.74, 6) is 0. The first kappa shape index (κ1) is 31.6. The fourth-order valence-electron chi connectivity index (χ4n) is 7.94. The molecule has 0 aliphatic rings. The van der Waals surface area contributed by atoms with E-state index in [0.29, 0.717) is 0 Å². The normalized spacial score (nSPS) is 11.3. The summed E-state index contributed by atoms with van der Waals surface area (Å²) in [6.07, 6.45) is 0. The van der Waals surface area contributed by atoms with Gasteiger partial charge < -0.3 is 9.47 Å². The molecule has 0 bridgehead atoms. The summed E-state index contributed by atoms with van der Waals surface area (Å²) in [4.78, 5) is 2.38. The highest BCUT2D eigenvalue weighted by atomic mass is 15.1. The van der Waals surface area contributed by atoms with E-state index in [1.807, 2.05) is 0 Å². The Morgan fingerprint density at radius 3 is 1.50 bits per heavy atom. The molecule has 9 aromatic carbocycles. The molecule has 0 aliphatic carbocycles. The van der Waals surface area contributed by atoms with Crippen LogP contribution in [0.1, 0.15) is 0 Å². The Balaban J connectivity index is 1.06. The van der Waals surface area contributed by atoms with Crippen LogP contribution in [0.25, 0.3) is 71.6 Å². The first-order chi connectivity index (χ1) is 26.8. The topological polar surface area (TPSA) is 8.17 Å². The molecule has 2 heteroatoms. The number of rotatable bonds is 7. The molecule has 0 amide bonds. The molecule has 0 fully saturated rings. The van der Waals surface area contributed by atoms with Crippen LogP contribution in [0.4, 0.5) is 17.1 Å². The van der Waals surface area contributed by atoms with Gasteiger partial charge in [0.15, 0.2) is 0 Å². The second kappa shape index (κ2) is 13.4. The summed E-state index contributed by atoms with van der Waals surface area (Å²) >= 11 is 0. The summed E-state index contributed by atoms with van der Waals surface area (Å²) in [6, 6.07) is 78.9. The molecule has 0 saturated heterocycles. The largest absolute Gasteiger partial charge is 0.310 e. The molecule has 0 saturated carbocycles. The van der Waals surface area contributed by atoms with Gasteiger partial charge in [-0.25, -0.2) is 0 Å². The average Bonchev–Trinajstić information content (AvgIpc) is 3.59. The number of hydrogen-bond acceptors (Lipinski definition) is 1. The highest BCUT2D eigenvalue weighted by Gasteiger charge is 2.19. The van der Waals surface area contributed by atoms with E-state index in [1.165, 1.54) is 66.0 Å². The van der Waals surface area contributed by atoms with Crippen LogP contribution in [-0.2, 0) is 0 Å². The molecule has 0 radical (unpaired) electrons. The van der Waals surface area contributed by atoms with E-state index in [1.54, 1.807) is 0 Å². The monoisotopic (exact) mass is 688 g/mol. The Morgan fingerprint density at radius 1 is 0.315 bits per heavy atom. The van der Waals surface area contributed by atoms with Crippen LogP contribution in [0.5, 0.6) is 0 Å². The lowest BCUT2D eigenvalue weighted by molar-refractivity contribution is 1.18. The van der Waals surface area contributed by atoms with Gasteiger partial charge in [0.05, 0.1) is 16.7 Å². The van der Waals surface area contributed by atoms with Gasteiger partial charge in [-0.1, -0.05) is 152 Å². The summed E-state index contributed by atoms with van der Waals surface area (Å²) in [5, 5.41) is 5.01. The van der Waals surface area contributed by atoms with E-state index in [9.17, 15) is 0 Å². The van der Waals surface area contributed by atoms with Crippen molar-refractivity contribution in [3.63, 3.8) is 0 Å². The minimum atomic E-state index is 1.10. The van der Waals surface area contributed by atoms with Gasteiger partial charge >= 0.3 is 0 Å². The number of para-hydroxylation sites is 3. The van der Waals surface area contributed by atoms with Crippen molar-refractivity contribution in [2.24, 2.45) is 0 Å². The molecule has 1 heterocycles. The number of aromatic nitrogens is 1. The first-order valence-corrected chi connectivity index (χ1v) is 18.5. The third-order valence-corrected chi connectivity index (χ3v) is 10.6. The number of fused-ring (bicyclic) bond motifs is 4. The molecule has 54 heavy (non-hydrogen) atoms. The molecule has 254 valence electrons. The summed E-state index contributed by atoms with van der Waals surface area (Å²) in [5.41, 5.74) is 14.0. The maximum absolute atomic E-state index is 2.38. The molecule has 1 aromatic heterocycles. The molecule has 2 nitrogen and oxygen atoms in total. The van der Waals surface area contributed by atoms with Crippen LogP contribution in [0.3, 0.4) is 0 Å². The molecule has 0 unspecified atom stereocenters. The number of hydrogen-bond donors (Lipinski definition) is 0. The Kier molecular flexibility index (Phi) is 7.85. The summed E-state index contributed by atoms with van der Waals surface area (Å²) in [6.45, 7) is 0. The number of nitrogens with zero attached hydrogens (tertiary/aromatic N) is 2. The Hall–Kier alpha value is -7.16. The zero-order valence-electron chi connectivity index (χ0n) is 29.7. The average molecular weight is 689 g/mol. The van der Waals surface area contributed by atoms with Gasteiger partial charge in [-0.05, 0) is 105 Å². The van der Waals surface area contributed by atoms with Crippen molar-refractivity contribution in [3.8, 4) is 39.1 Å². The van der Waals surface area contributed by atoms with Gasteiger partial charge in [0.2, 0.25) is 0 Å². The maximum Gasteiger partial charge on any atom is 0.0541 e. The molecule has 10 aromatic rings. The number of anilines is 3. The van der Waals surface area contributed by atoms with Crippen LogP contribution in [0.15, 0.2) is 218 Å². The molecule has 0 atom stereocenters. The fourth-order valence-corrected chi connectivity index (χ4v) is 7.94. The SMILES string of the molecule is c1ccc(-c2ccc(N(c3ccccc3)c3ccc(-c4ccc(-n5c6ccccc6c6ccccc65)cc4)cc3)c(-c3ccc4ccccc4c3)c2)cc1. The van der Waals surface area contributed by atoms with Crippen molar-refractivity contribution in [1.82, 2.24) is 4.57 Å². The Bertz CT molecular complexity index is 2850. The van der Waals surface area contributed by atoms with E-state index < -0.39 is 0 Å². The lowest BCUT2D eigenvalue weighted by Gasteiger charge is -2.28. The summed E-state index contributed by atoms with van der Waals surface area (Å²) in [7, 11) is 0. The van der Waals surface area contributed by atoms with Crippen molar-refractivity contribution in [2.45, 2.75) is 0 Å². The molecule has 0 N–H and O–H groups in total. The minimum absolute atomic E-state index is 1.10. The zero-order chi connectivity index (χ0) is 35.8. The maximum atomic E-state index is 2.38. The van der Waals surface area contributed by atoms with Gasteiger partial charge in [-0.15, -0.1) is 0 Å². The van der Waals surface area contributed by atoms with Crippen molar-refractivity contribution in [1.29, 1.82) is 0 Å². The predicted octanol–water partition coefficient (Wildman–Crippen LogP) is 14.4. The van der Waals surface area contributed by atoms with Crippen molar-refractivity contribution < 1.29 is 0 Å². The molecule has 0 aliphatic heterocycles. The third kappa shape index (κ3) is 5.62.